The molecule has 0 saturated carbocycles. The van der Waals surface area contributed by atoms with Gasteiger partial charge in [0.2, 0.25) is 0 Å². The molecule has 2 heterocycles. The van der Waals surface area contributed by atoms with Crippen molar-refractivity contribution in [1.82, 2.24) is 19.8 Å². The van der Waals surface area contributed by atoms with Crippen LogP contribution in [0.25, 0.3) is 0 Å². The molecular formula is C17H24N4O5. The van der Waals surface area contributed by atoms with Crippen molar-refractivity contribution in [3.05, 3.63) is 29.8 Å². The molecule has 1 fully saturated rings. The van der Waals surface area contributed by atoms with Gasteiger partial charge in [0, 0.05) is 38.3 Å². The van der Waals surface area contributed by atoms with E-state index in [9.17, 15) is 14.8 Å². The molecule has 2 aliphatic rings. The standard InChI is InChI=1S/C17H24N4O5/c22-10-9-18-5-7-19(8-6-18)13-21(25)16(23)12-20-11-14-3-1-2-4-15(14)26-17(20)24/h1-4,22,25H,5-13H2. The summed E-state index contributed by atoms with van der Waals surface area (Å²) < 4.78 is 5.21. The first-order valence-electron chi connectivity index (χ1n) is 8.66. The monoisotopic (exact) mass is 364 g/mol. The maximum atomic E-state index is 12.3. The van der Waals surface area contributed by atoms with Crippen molar-refractivity contribution in [3.8, 4) is 5.75 Å². The third kappa shape index (κ3) is 4.50. The predicted molar refractivity (Wildman–Crippen MR) is 91.5 cm³/mol. The summed E-state index contributed by atoms with van der Waals surface area (Å²) in [5, 5.41) is 19.7. The molecule has 9 heteroatoms. The number of ether oxygens (including phenoxy) is 1. The Labute approximate surface area is 151 Å². The Bertz CT molecular complexity index is 648. The lowest BCUT2D eigenvalue weighted by Crippen LogP contribution is -2.52. The molecule has 0 spiro atoms. The summed E-state index contributed by atoms with van der Waals surface area (Å²) in [5.74, 6) is -0.0538. The highest BCUT2D eigenvalue weighted by atomic mass is 16.6. The average molecular weight is 364 g/mol. The zero-order chi connectivity index (χ0) is 18.5. The number of hydrogen-bond donors (Lipinski definition) is 2. The fourth-order valence-electron chi connectivity index (χ4n) is 3.09. The van der Waals surface area contributed by atoms with Gasteiger partial charge in [-0.15, -0.1) is 0 Å². The predicted octanol–water partition coefficient (Wildman–Crippen LogP) is -0.214. The molecule has 1 aromatic rings. The minimum absolute atomic E-state index is 0.0886. The van der Waals surface area contributed by atoms with Crippen LogP contribution in [0.2, 0.25) is 0 Å². The van der Waals surface area contributed by atoms with Crippen molar-refractivity contribution in [2.24, 2.45) is 0 Å². The minimum atomic E-state index is -0.594. The number of rotatable bonds is 6. The van der Waals surface area contributed by atoms with Crippen molar-refractivity contribution in [3.63, 3.8) is 0 Å². The number of carbonyl (C=O) groups excluding carboxylic acids is 2. The van der Waals surface area contributed by atoms with Crippen molar-refractivity contribution >= 4 is 12.0 Å². The Morgan fingerprint density at radius 3 is 2.58 bits per heavy atom. The Morgan fingerprint density at radius 1 is 1.15 bits per heavy atom. The van der Waals surface area contributed by atoms with E-state index in [1.54, 1.807) is 12.1 Å². The zero-order valence-electron chi connectivity index (χ0n) is 14.6. The maximum Gasteiger partial charge on any atom is 0.416 e. The van der Waals surface area contributed by atoms with Crippen LogP contribution < -0.4 is 4.74 Å². The summed E-state index contributed by atoms with van der Waals surface area (Å²) in [6.45, 7) is 3.82. The first-order chi connectivity index (χ1) is 12.6. The summed E-state index contributed by atoms with van der Waals surface area (Å²) >= 11 is 0. The minimum Gasteiger partial charge on any atom is -0.410 e. The average Bonchev–Trinajstić information content (AvgIpc) is 2.64. The molecule has 2 aliphatic heterocycles. The van der Waals surface area contributed by atoms with Crippen molar-refractivity contribution < 1.29 is 24.6 Å². The molecule has 3 rings (SSSR count). The summed E-state index contributed by atoms with van der Waals surface area (Å²) in [6.07, 6.45) is -0.594. The molecule has 1 aromatic carbocycles. The number of hydrogen-bond acceptors (Lipinski definition) is 7. The van der Waals surface area contributed by atoms with E-state index in [-0.39, 0.29) is 26.4 Å². The first-order valence-corrected chi connectivity index (χ1v) is 8.66. The number of aliphatic hydroxyl groups is 1. The van der Waals surface area contributed by atoms with Gasteiger partial charge in [-0.3, -0.25) is 24.7 Å². The molecule has 0 aliphatic carbocycles. The van der Waals surface area contributed by atoms with Gasteiger partial charge < -0.3 is 9.84 Å². The Balaban J connectivity index is 1.48. The maximum absolute atomic E-state index is 12.3. The number of carbonyl (C=O) groups is 2. The topological polar surface area (TPSA) is 96.8 Å². The summed E-state index contributed by atoms with van der Waals surface area (Å²) in [5.41, 5.74) is 0.824. The number of aliphatic hydroxyl groups excluding tert-OH is 1. The highest BCUT2D eigenvalue weighted by Crippen LogP contribution is 2.25. The number of piperazine rings is 1. The third-order valence-corrected chi connectivity index (χ3v) is 4.62. The number of nitrogens with zero attached hydrogens (tertiary/aromatic N) is 4. The number of amides is 2. The summed E-state index contributed by atoms with van der Waals surface area (Å²) in [6, 6.07) is 7.17. The molecule has 0 aromatic heterocycles. The second kappa shape index (κ2) is 8.45. The van der Waals surface area contributed by atoms with Gasteiger partial charge in [0.25, 0.3) is 5.91 Å². The normalized spacial score (nSPS) is 18.4. The van der Waals surface area contributed by atoms with Crippen molar-refractivity contribution in [1.29, 1.82) is 0 Å². The van der Waals surface area contributed by atoms with E-state index in [4.69, 9.17) is 9.84 Å². The van der Waals surface area contributed by atoms with Crippen molar-refractivity contribution in [2.45, 2.75) is 6.54 Å². The van der Waals surface area contributed by atoms with Gasteiger partial charge in [0.05, 0.1) is 13.2 Å². The SMILES string of the molecule is O=C(CN1Cc2ccccc2OC1=O)N(O)CN1CCN(CCO)CC1. The van der Waals surface area contributed by atoms with Gasteiger partial charge in [-0.25, -0.2) is 9.86 Å². The smallest absolute Gasteiger partial charge is 0.410 e. The number of benzene rings is 1. The molecule has 9 nitrogen and oxygen atoms in total. The fraction of sp³-hybridized carbons (Fsp3) is 0.529. The van der Waals surface area contributed by atoms with Crippen LogP contribution >= 0.6 is 0 Å². The number of para-hydroxylation sites is 1. The first kappa shape index (κ1) is 18.6. The number of fused-ring (bicyclic) bond motifs is 1. The van der Waals surface area contributed by atoms with Crippen LogP contribution in [0.4, 0.5) is 4.79 Å². The molecular weight excluding hydrogens is 340 g/mol. The van der Waals surface area contributed by atoms with Gasteiger partial charge in [-0.2, -0.15) is 0 Å². The molecule has 2 N–H and O–H groups in total. The van der Waals surface area contributed by atoms with E-state index in [2.05, 4.69) is 4.90 Å². The van der Waals surface area contributed by atoms with Gasteiger partial charge in [0.1, 0.15) is 19.0 Å². The highest BCUT2D eigenvalue weighted by Gasteiger charge is 2.28. The Morgan fingerprint density at radius 2 is 1.85 bits per heavy atom. The molecule has 1 saturated heterocycles. The molecule has 0 bridgehead atoms. The van der Waals surface area contributed by atoms with Crippen LogP contribution in [-0.4, -0.2) is 94.6 Å². The zero-order valence-corrected chi connectivity index (χ0v) is 14.6. The molecule has 142 valence electrons. The lowest BCUT2D eigenvalue weighted by Gasteiger charge is -2.36. The molecule has 0 atom stereocenters. The van der Waals surface area contributed by atoms with E-state index in [0.717, 1.165) is 18.7 Å². The second-order valence-corrected chi connectivity index (χ2v) is 6.45. The molecule has 0 unspecified atom stereocenters. The van der Waals surface area contributed by atoms with Crippen LogP contribution in [0.1, 0.15) is 5.56 Å². The van der Waals surface area contributed by atoms with Gasteiger partial charge in [-0.1, -0.05) is 18.2 Å². The lowest BCUT2D eigenvalue weighted by atomic mass is 10.1. The van der Waals surface area contributed by atoms with Crippen LogP contribution in [0.5, 0.6) is 5.75 Å². The molecule has 0 radical (unpaired) electrons. The highest BCUT2D eigenvalue weighted by molar-refractivity contribution is 5.83. The van der Waals surface area contributed by atoms with E-state index in [1.165, 1.54) is 4.90 Å². The van der Waals surface area contributed by atoms with Crippen molar-refractivity contribution in [2.75, 3.05) is 52.5 Å². The Kier molecular flexibility index (Phi) is 6.04. The van der Waals surface area contributed by atoms with Crippen LogP contribution in [0.15, 0.2) is 24.3 Å². The largest absolute Gasteiger partial charge is 0.416 e. The second-order valence-electron chi connectivity index (χ2n) is 6.45. The fourth-order valence-corrected chi connectivity index (χ4v) is 3.09. The van der Waals surface area contributed by atoms with E-state index in [1.807, 2.05) is 17.0 Å². The number of hydroxylamine groups is 2. The third-order valence-electron chi connectivity index (χ3n) is 4.62. The number of β-amino-alcohol motifs (C(OH)–C–C–N with tert-alkyl or cyclic N) is 1. The quantitative estimate of drug-likeness (QED) is 0.532. The van der Waals surface area contributed by atoms with E-state index in [0.29, 0.717) is 30.4 Å². The van der Waals surface area contributed by atoms with Crippen LogP contribution in [0.3, 0.4) is 0 Å². The summed E-state index contributed by atoms with van der Waals surface area (Å²) in [4.78, 5) is 29.6. The van der Waals surface area contributed by atoms with Crippen LogP contribution in [-0.2, 0) is 11.3 Å². The molecule has 26 heavy (non-hydrogen) atoms. The lowest BCUT2D eigenvalue weighted by molar-refractivity contribution is -0.176. The van der Waals surface area contributed by atoms with Crippen LogP contribution in [0, 0.1) is 0 Å². The Hall–Kier alpha value is -2.20. The summed E-state index contributed by atoms with van der Waals surface area (Å²) in [7, 11) is 0. The van der Waals surface area contributed by atoms with Gasteiger partial charge in [-0.05, 0) is 6.07 Å². The van der Waals surface area contributed by atoms with Gasteiger partial charge >= 0.3 is 6.09 Å². The molecule has 2 amide bonds. The van der Waals surface area contributed by atoms with E-state index < -0.39 is 12.0 Å². The van der Waals surface area contributed by atoms with Gasteiger partial charge in [0.15, 0.2) is 0 Å². The van der Waals surface area contributed by atoms with E-state index >= 15 is 0 Å².